The lowest BCUT2D eigenvalue weighted by atomic mass is 10.1. The van der Waals surface area contributed by atoms with Crippen LogP contribution in [0.5, 0.6) is 11.5 Å². The fourth-order valence-electron chi connectivity index (χ4n) is 3.21. The third-order valence-corrected chi connectivity index (χ3v) is 4.88. The van der Waals surface area contributed by atoms with E-state index in [0.717, 1.165) is 17.0 Å². The van der Waals surface area contributed by atoms with Gasteiger partial charge in [0.15, 0.2) is 11.5 Å². The fourth-order valence-corrected chi connectivity index (χ4v) is 3.42. The molecule has 4 rings (SSSR count). The average Bonchev–Trinajstić information content (AvgIpc) is 2.95. The Bertz CT molecular complexity index is 1050. The van der Waals surface area contributed by atoms with Gasteiger partial charge in [0.25, 0.3) is 5.91 Å². The Kier molecular flexibility index (Phi) is 4.96. The van der Waals surface area contributed by atoms with Crippen molar-refractivity contribution in [2.75, 3.05) is 18.5 Å². The minimum atomic E-state index is -0.217. The molecule has 0 fully saturated rings. The highest BCUT2D eigenvalue weighted by Gasteiger charge is 2.18. The van der Waals surface area contributed by atoms with Gasteiger partial charge in [-0.1, -0.05) is 23.7 Å². The van der Waals surface area contributed by atoms with Crippen molar-refractivity contribution in [3.05, 3.63) is 70.0 Å². The molecule has 3 aromatic rings. The maximum absolute atomic E-state index is 12.8. The molecule has 2 heterocycles. The van der Waals surface area contributed by atoms with Gasteiger partial charge in [-0.05, 0) is 49.7 Å². The summed E-state index contributed by atoms with van der Waals surface area (Å²) in [5.41, 5.74) is 3.89. The monoisotopic (exact) mass is 397 g/mol. The van der Waals surface area contributed by atoms with Crippen molar-refractivity contribution in [3.8, 4) is 11.5 Å². The van der Waals surface area contributed by atoms with E-state index in [1.54, 1.807) is 18.2 Å². The van der Waals surface area contributed by atoms with Crippen LogP contribution >= 0.6 is 11.6 Å². The molecule has 28 heavy (non-hydrogen) atoms. The second-order valence-corrected chi connectivity index (χ2v) is 7.08. The van der Waals surface area contributed by atoms with Gasteiger partial charge in [0.1, 0.15) is 13.2 Å². The molecule has 2 aromatic carbocycles. The summed E-state index contributed by atoms with van der Waals surface area (Å²) in [4.78, 5) is 12.8. The maximum Gasteiger partial charge on any atom is 0.255 e. The first-order chi connectivity index (χ1) is 13.5. The van der Waals surface area contributed by atoms with Gasteiger partial charge < -0.3 is 14.8 Å². The zero-order valence-corrected chi connectivity index (χ0v) is 16.4. The van der Waals surface area contributed by atoms with Gasteiger partial charge in [-0.2, -0.15) is 5.10 Å². The maximum atomic E-state index is 12.8. The molecule has 0 saturated heterocycles. The van der Waals surface area contributed by atoms with E-state index in [9.17, 15) is 4.79 Å². The van der Waals surface area contributed by atoms with Gasteiger partial charge in [0, 0.05) is 10.6 Å². The predicted molar refractivity (Wildman–Crippen MR) is 108 cm³/mol. The molecule has 0 saturated carbocycles. The molecule has 0 radical (unpaired) electrons. The van der Waals surface area contributed by atoms with Crippen LogP contribution in [0.2, 0.25) is 5.02 Å². The number of benzene rings is 2. The number of halogens is 1. The topological polar surface area (TPSA) is 65.4 Å². The van der Waals surface area contributed by atoms with E-state index in [-0.39, 0.29) is 5.91 Å². The number of anilines is 1. The summed E-state index contributed by atoms with van der Waals surface area (Å²) in [6.45, 7) is 5.38. The molecule has 0 atom stereocenters. The van der Waals surface area contributed by atoms with Gasteiger partial charge in [-0.3, -0.25) is 9.48 Å². The molecular weight excluding hydrogens is 378 g/mol. The Balaban J connectivity index is 1.55. The number of nitrogens with zero attached hydrogens (tertiary/aromatic N) is 2. The number of ether oxygens (including phenoxy) is 2. The molecular formula is C21H20ClN3O3. The van der Waals surface area contributed by atoms with E-state index < -0.39 is 0 Å². The minimum absolute atomic E-state index is 0.217. The molecule has 7 heteroatoms. The van der Waals surface area contributed by atoms with Crippen molar-refractivity contribution in [3.63, 3.8) is 0 Å². The van der Waals surface area contributed by atoms with Gasteiger partial charge >= 0.3 is 0 Å². The van der Waals surface area contributed by atoms with Crippen molar-refractivity contribution < 1.29 is 14.3 Å². The van der Waals surface area contributed by atoms with Crippen LogP contribution < -0.4 is 14.8 Å². The SMILES string of the molecule is Cc1nn(Cc2cccc(Cl)c2)c(C)c1NC(=O)c1ccc2c(c1)OCCO2. The molecule has 1 aromatic heterocycles. The van der Waals surface area contributed by atoms with Crippen LogP contribution in [0.25, 0.3) is 0 Å². The van der Waals surface area contributed by atoms with Gasteiger partial charge in [0.05, 0.1) is 23.6 Å². The lowest BCUT2D eigenvalue weighted by molar-refractivity contribution is 0.102. The summed E-state index contributed by atoms with van der Waals surface area (Å²) >= 11 is 6.07. The number of hydrogen-bond acceptors (Lipinski definition) is 4. The van der Waals surface area contributed by atoms with E-state index >= 15 is 0 Å². The quantitative estimate of drug-likeness (QED) is 0.715. The Labute approximate surface area is 168 Å². The van der Waals surface area contributed by atoms with Gasteiger partial charge in [-0.15, -0.1) is 0 Å². The van der Waals surface area contributed by atoms with Crippen molar-refractivity contribution in [1.82, 2.24) is 9.78 Å². The van der Waals surface area contributed by atoms with E-state index in [1.165, 1.54) is 0 Å². The first-order valence-electron chi connectivity index (χ1n) is 9.01. The summed E-state index contributed by atoms with van der Waals surface area (Å²) in [5.74, 6) is 1.03. The summed E-state index contributed by atoms with van der Waals surface area (Å²) in [7, 11) is 0. The average molecular weight is 398 g/mol. The molecule has 6 nitrogen and oxygen atoms in total. The number of amides is 1. The first-order valence-corrected chi connectivity index (χ1v) is 9.38. The highest BCUT2D eigenvalue weighted by molar-refractivity contribution is 6.30. The molecule has 1 N–H and O–H groups in total. The number of rotatable bonds is 4. The number of carbonyl (C=O) groups is 1. The van der Waals surface area contributed by atoms with Crippen LogP contribution in [0.4, 0.5) is 5.69 Å². The Morgan fingerprint density at radius 3 is 2.71 bits per heavy atom. The molecule has 144 valence electrons. The lowest BCUT2D eigenvalue weighted by Gasteiger charge is -2.18. The second kappa shape index (κ2) is 7.56. The molecule has 0 bridgehead atoms. The Morgan fingerprint density at radius 2 is 1.93 bits per heavy atom. The summed E-state index contributed by atoms with van der Waals surface area (Å²) in [5, 5.41) is 8.23. The predicted octanol–water partition coefficient (Wildman–Crippen LogP) is 4.23. The van der Waals surface area contributed by atoms with Crippen molar-refractivity contribution >= 4 is 23.2 Å². The third-order valence-electron chi connectivity index (χ3n) is 4.65. The molecule has 0 unspecified atom stereocenters. The highest BCUT2D eigenvalue weighted by Crippen LogP contribution is 2.31. The summed E-state index contributed by atoms with van der Waals surface area (Å²) in [6.07, 6.45) is 0. The second-order valence-electron chi connectivity index (χ2n) is 6.65. The number of aryl methyl sites for hydroxylation is 1. The van der Waals surface area contributed by atoms with Crippen molar-refractivity contribution in [2.24, 2.45) is 0 Å². The summed E-state index contributed by atoms with van der Waals surface area (Å²) in [6, 6.07) is 12.8. The van der Waals surface area contributed by atoms with Crippen LogP contribution in [-0.4, -0.2) is 28.9 Å². The normalized spacial score (nSPS) is 12.7. The lowest BCUT2D eigenvalue weighted by Crippen LogP contribution is -2.17. The molecule has 1 amide bonds. The van der Waals surface area contributed by atoms with Gasteiger partial charge in [-0.25, -0.2) is 0 Å². The van der Waals surface area contributed by atoms with Crippen molar-refractivity contribution in [1.29, 1.82) is 0 Å². The Hall–Kier alpha value is -2.99. The van der Waals surface area contributed by atoms with Crippen molar-refractivity contribution in [2.45, 2.75) is 20.4 Å². The number of hydrogen-bond donors (Lipinski definition) is 1. The first kappa shape index (κ1) is 18.4. The van der Waals surface area contributed by atoms with E-state index in [0.29, 0.717) is 47.5 Å². The van der Waals surface area contributed by atoms with Crippen LogP contribution in [0, 0.1) is 13.8 Å². The van der Waals surface area contributed by atoms with E-state index in [2.05, 4.69) is 10.4 Å². The minimum Gasteiger partial charge on any atom is -0.486 e. The third kappa shape index (κ3) is 3.68. The smallest absolute Gasteiger partial charge is 0.255 e. The zero-order valence-electron chi connectivity index (χ0n) is 15.7. The van der Waals surface area contributed by atoms with Crippen LogP contribution in [0.3, 0.4) is 0 Å². The van der Waals surface area contributed by atoms with Crippen LogP contribution in [0.1, 0.15) is 27.3 Å². The summed E-state index contributed by atoms with van der Waals surface area (Å²) < 4.78 is 12.9. The molecule has 1 aliphatic heterocycles. The van der Waals surface area contributed by atoms with E-state index in [4.69, 9.17) is 21.1 Å². The highest BCUT2D eigenvalue weighted by atomic mass is 35.5. The Morgan fingerprint density at radius 1 is 1.14 bits per heavy atom. The van der Waals surface area contributed by atoms with E-state index in [1.807, 2.05) is 42.8 Å². The largest absolute Gasteiger partial charge is 0.486 e. The molecule has 1 aliphatic rings. The standard InChI is InChI=1S/C21H20ClN3O3/c1-13-20(14(2)25(24-13)12-15-4-3-5-17(22)10-15)23-21(26)16-6-7-18-19(11-16)28-9-8-27-18/h3-7,10-11H,8-9,12H2,1-2H3,(H,23,26). The molecule has 0 spiro atoms. The fraction of sp³-hybridized carbons (Fsp3) is 0.238. The number of carbonyl (C=O) groups excluding carboxylic acids is 1. The molecule has 0 aliphatic carbocycles. The number of aromatic nitrogens is 2. The zero-order chi connectivity index (χ0) is 19.7. The van der Waals surface area contributed by atoms with Gasteiger partial charge in [0.2, 0.25) is 0 Å². The number of nitrogens with one attached hydrogen (secondary N) is 1. The number of fused-ring (bicyclic) bond motifs is 1. The van der Waals surface area contributed by atoms with Crippen LogP contribution in [-0.2, 0) is 6.54 Å². The van der Waals surface area contributed by atoms with Crippen LogP contribution in [0.15, 0.2) is 42.5 Å².